The van der Waals surface area contributed by atoms with E-state index in [-0.39, 0.29) is 24.5 Å². The van der Waals surface area contributed by atoms with Gasteiger partial charge in [-0.1, -0.05) is 44.2 Å². The van der Waals surface area contributed by atoms with Crippen molar-refractivity contribution in [2.24, 2.45) is 11.7 Å². The largest absolute Gasteiger partial charge is 0.481 e. The maximum Gasteiger partial charge on any atom is 0.469 e. The Kier molecular flexibility index (Phi) is 19.3. The van der Waals surface area contributed by atoms with Crippen LogP contribution in [0.2, 0.25) is 0 Å². The minimum atomic E-state index is -4.96. The van der Waals surface area contributed by atoms with Gasteiger partial charge in [-0.2, -0.15) is 12.6 Å². The van der Waals surface area contributed by atoms with E-state index in [9.17, 15) is 53.4 Å². The van der Waals surface area contributed by atoms with Crippen molar-refractivity contribution in [1.82, 2.24) is 26.6 Å². The van der Waals surface area contributed by atoms with Crippen molar-refractivity contribution < 1.29 is 67.8 Å². The number of nitrogens with two attached hydrogens (primary N) is 1. The molecule has 1 aromatic carbocycles. The molecule has 0 fully saturated rings. The second-order valence-electron chi connectivity index (χ2n) is 11.7. The summed E-state index contributed by atoms with van der Waals surface area (Å²) >= 11 is 4.04. The number of benzene rings is 1. The number of aliphatic hydroxyl groups excluding tert-OH is 1. The van der Waals surface area contributed by atoms with E-state index in [1.54, 1.807) is 44.2 Å². The molecule has 0 aliphatic carbocycles. The SMILES string of the molecule is CC(C)C[C@H](NC(=O)[C@@H](N)COP(=O)(O)O)C(=O)N[C@@H](CCC(=O)O)C(=O)N[C@@H](CO)C(=O)N[C@@H](CS)C(=O)N[C@@H](Cc1ccccc1)C(=O)O. The zero-order chi connectivity index (χ0) is 38.9. The minimum Gasteiger partial charge on any atom is -0.481 e. The molecule has 0 bridgehead atoms. The van der Waals surface area contributed by atoms with Crippen LogP contribution in [0.15, 0.2) is 30.3 Å². The first-order chi connectivity index (χ1) is 23.8. The highest BCUT2D eigenvalue weighted by atomic mass is 32.1. The minimum absolute atomic E-state index is 0.0279. The number of phosphoric acid groups is 1. The second kappa shape index (κ2) is 22.0. The predicted molar refractivity (Wildman–Crippen MR) is 181 cm³/mol. The lowest BCUT2D eigenvalue weighted by molar-refractivity contribution is -0.142. The summed E-state index contributed by atoms with van der Waals surface area (Å²) in [6.45, 7) is 1.45. The zero-order valence-electron chi connectivity index (χ0n) is 27.8. The fraction of sp³-hybridized carbons (Fsp3) is 0.552. The van der Waals surface area contributed by atoms with E-state index >= 15 is 0 Å². The molecule has 0 saturated carbocycles. The highest BCUT2D eigenvalue weighted by molar-refractivity contribution is 7.80. The Morgan fingerprint density at radius 2 is 1.27 bits per heavy atom. The Morgan fingerprint density at radius 1 is 0.784 bits per heavy atom. The maximum atomic E-state index is 13.2. The molecule has 12 N–H and O–H groups in total. The number of amides is 5. The maximum absolute atomic E-state index is 13.2. The Labute approximate surface area is 298 Å². The molecule has 5 amide bonds. The van der Waals surface area contributed by atoms with Crippen molar-refractivity contribution in [1.29, 1.82) is 0 Å². The van der Waals surface area contributed by atoms with E-state index in [4.69, 9.17) is 15.5 Å². The summed E-state index contributed by atoms with van der Waals surface area (Å²) in [4.78, 5) is 106. The molecule has 51 heavy (non-hydrogen) atoms. The molecule has 6 atom stereocenters. The summed E-state index contributed by atoms with van der Waals surface area (Å²) in [5, 5.41) is 40.0. The van der Waals surface area contributed by atoms with E-state index < -0.39 is 112 Å². The molecule has 0 radical (unpaired) electrons. The lowest BCUT2D eigenvalue weighted by atomic mass is 10.0. The fourth-order valence-corrected chi connectivity index (χ4v) is 4.91. The molecule has 0 spiro atoms. The zero-order valence-corrected chi connectivity index (χ0v) is 29.5. The monoisotopic (exact) mass is 764 g/mol. The van der Waals surface area contributed by atoms with Crippen molar-refractivity contribution in [2.45, 2.75) is 75.8 Å². The summed E-state index contributed by atoms with van der Waals surface area (Å²) in [5.41, 5.74) is 6.21. The molecular formula is C29H45N6O14PS. The third-order valence-electron chi connectivity index (χ3n) is 6.91. The molecule has 22 heteroatoms. The van der Waals surface area contributed by atoms with Crippen molar-refractivity contribution in [2.75, 3.05) is 19.0 Å². The number of carboxylic acid groups (broad SMARTS) is 2. The van der Waals surface area contributed by atoms with E-state index in [2.05, 4.69) is 43.7 Å². The molecule has 0 aliphatic rings. The first-order valence-corrected chi connectivity index (χ1v) is 17.6. The number of carboxylic acids is 2. The van der Waals surface area contributed by atoms with Gasteiger partial charge in [-0.15, -0.1) is 0 Å². The van der Waals surface area contributed by atoms with Gasteiger partial charge >= 0.3 is 19.8 Å². The van der Waals surface area contributed by atoms with Gasteiger partial charge in [-0.05, 0) is 24.3 Å². The van der Waals surface area contributed by atoms with Crippen LogP contribution < -0.4 is 32.3 Å². The quantitative estimate of drug-likeness (QED) is 0.0391. The molecule has 286 valence electrons. The average molecular weight is 765 g/mol. The topological polar surface area (TPSA) is 333 Å². The highest BCUT2D eigenvalue weighted by Crippen LogP contribution is 2.35. The fourth-order valence-electron chi connectivity index (χ4n) is 4.30. The van der Waals surface area contributed by atoms with Crippen LogP contribution in [0.25, 0.3) is 0 Å². The smallest absolute Gasteiger partial charge is 0.469 e. The van der Waals surface area contributed by atoms with Gasteiger partial charge in [0.2, 0.25) is 29.5 Å². The van der Waals surface area contributed by atoms with Crippen molar-refractivity contribution in [3.63, 3.8) is 0 Å². The summed E-state index contributed by atoms with van der Waals surface area (Å²) in [6, 6.07) is -0.752. The van der Waals surface area contributed by atoms with Crippen LogP contribution in [0.3, 0.4) is 0 Å². The number of rotatable bonds is 23. The van der Waals surface area contributed by atoms with Gasteiger partial charge in [0.15, 0.2) is 0 Å². The van der Waals surface area contributed by atoms with Crippen LogP contribution in [0, 0.1) is 5.92 Å². The molecular weight excluding hydrogens is 719 g/mol. The van der Waals surface area contributed by atoms with E-state index in [1.165, 1.54) is 0 Å². The van der Waals surface area contributed by atoms with E-state index in [0.717, 1.165) is 0 Å². The average Bonchev–Trinajstić information content (AvgIpc) is 3.05. The van der Waals surface area contributed by atoms with Gasteiger partial charge in [0.1, 0.15) is 36.3 Å². The third kappa shape index (κ3) is 17.6. The Bertz CT molecular complexity index is 1410. The molecule has 0 aliphatic heterocycles. The number of carbonyl (C=O) groups excluding carboxylic acids is 5. The van der Waals surface area contributed by atoms with Gasteiger partial charge in [0.05, 0.1) is 13.2 Å². The van der Waals surface area contributed by atoms with E-state index in [1.807, 2.05) is 0 Å². The van der Waals surface area contributed by atoms with Crippen molar-refractivity contribution in [3.8, 4) is 0 Å². The van der Waals surface area contributed by atoms with Crippen molar-refractivity contribution in [3.05, 3.63) is 35.9 Å². The lowest BCUT2D eigenvalue weighted by Gasteiger charge is -2.26. The first kappa shape index (κ1) is 44.9. The number of phosphoric ester groups is 1. The normalized spacial score (nSPS) is 14.9. The third-order valence-corrected chi connectivity index (χ3v) is 7.76. The van der Waals surface area contributed by atoms with Crippen molar-refractivity contribution >= 4 is 61.9 Å². The summed E-state index contributed by atoms with van der Waals surface area (Å²) in [6.07, 6.45) is -1.26. The molecule has 1 aromatic rings. The number of hydrogen-bond donors (Lipinski definition) is 12. The number of thiol groups is 1. The number of aliphatic carboxylic acids is 2. The summed E-state index contributed by atoms with van der Waals surface area (Å²) in [7, 11) is -4.96. The van der Waals surface area contributed by atoms with Gasteiger partial charge in [-0.25, -0.2) is 9.36 Å². The number of carbonyl (C=O) groups is 7. The van der Waals surface area contributed by atoms with Crippen LogP contribution in [-0.2, 0) is 49.1 Å². The first-order valence-electron chi connectivity index (χ1n) is 15.5. The highest BCUT2D eigenvalue weighted by Gasteiger charge is 2.33. The Morgan fingerprint density at radius 3 is 1.78 bits per heavy atom. The predicted octanol–water partition coefficient (Wildman–Crippen LogP) is -2.99. The number of hydrogen-bond acceptors (Lipinski definition) is 12. The Hall–Kier alpha value is -4.11. The molecule has 0 aromatic heterocycles. The molecule has 20 nitrogen and oxygen atoms in total. The summed E-state index contributed by atoms with van der Waals surface area (Å²) < 4.78 is 15.2. The number of aliphatic hydroxyl groups is 1. The molecule has 0 saturated heterocycles. The molecule has 1 rings (SSSR count). The van der Waals surface area contributed by atoms with Gasteiger partial charge < -0.3 is 57.4 Å². The van der Waals surface area contributed by atoms with E-state index in [0.29, 0.717) is 5.56 Å². The van der Waals surface area contributed by atoms with Gasteiger partial charge in [0, 0.05) is 18.6 Å². The molecule has 0 heterocycles. The lowest BCUT2D eigenvalue weighted by Crippen LogP contribution is -2.60. The summed E-state index contributed by atoms with van der Waals surface area (Å²) in [5.74, 6) is -8.43. The Balaban J connectivity index is 3.06. The number of nitrogens with one attached hydrogen (secondary N) is 5. The standard InChI is InChI=1S/C29H45N6O14PS/c1-15(2)10-19(32-24(39)17(30)13-49-50(46,47)48)26(41)31-18(8-9-23(37)38)25(40)34-21(12-36)27(42)35-22(14-51)28(43)33-20(29(44)45)11-16-6-4-3-5-7-16/h3-7,15,17-22,36,51H,8-14,30H2,1-2H3,(H,31,41)(H,32,39)(H,33,43)(H,34,40)(H,35,42)(H,37,38)(H,44,45)(H2,46,47,48)/t17-,18-,19-,20-,21-,22-/m0/s1. The van der Waals surface area contributed by atoms with Crippen LogP contribution in [0.4, 0.5) is 0 Å². The second-order valence-corrected chi connectivity index (χ2v) is 13.3. The van der Waals surface area contributed by atoms with Crippen LogP contribution in [0.5, 0.6) is 0 Å². The van der Waals surface area contributed by atoms with Crippen LogP contribution in [0.1, 0.15) is 38.7 Å². The van der Waals surface area contributed by atoms with Gasteiger partial charge in [0.25, 0.3) is 0 Å². The van der Waals surface area contributed by atoms with Crippen LogP contribution in [-0.4, -0.2) is 122 Å². The van der Waals surface area contributed by atoms with Gasteiger partial charge in [-0.3, -0.25) is 33.3 Å². The molecule has 0 unspecified atom stereocenters. The van der Waals surface area contributed by atoms with Crippen LogP contribution >= 0.6 is 20.5 Å².